The van der Waals surface area contributed by atoms with Crippen molar-refractivity contribution < 1.29 is 29.1 Å². The summed E-state index contributed by atoms with van der Waals surface area (Å²) in [5, 5.41) is 17.7. The van der Waals surface area contributed by atoms with E-state index in [1.165, 1.54) is 22.9 Å². The Morgan fingerprint density at radius 2 is 1.83 bits per heavy atom. The molecule has 0 bridgehead atoms. The molecule has 4 amide bonds. The molecule has 0 spiro atoms. The zero-order valence-electron chi connectivity index (χ0n) is 25.7. The number of benzene rings is 2. The van der Waals surface area contributed by atoms with Crippen molar-refractivity contribution in [2.75, 3.05) is 5.32 Å². The average molecular weight is 646 g/mol. The highest BCUT2D eigenvalue weighted by Gasteiger charge is 2.64. The molecule has 4 unspecified atom stereocenters. The summed E-state index contributed by atoms with van der Waals surface area (Å²) in [5.41, 5.74) is 1.61. The van der Waals surface area contributed by atoms with Crippen molar-refractivity contribution in [1.82, 2.24) is 20.1 Å². The number of anilines is 1. The Hall–Kier alpha value is -4.65. The third kappa shape index (κ3) is 5.31. The molecule has 2 saturated heterocycles. The van der Waals surface area contributed by atoms with E-state index in [1.54, 1.807) is 50.2 Å². The van der Waals surface area contributed by atoms with E-state index in [-0.39, 0.29) is 23.3 Å². The van der Waals surface area contributed by atoms with Crippen LogP contribution in [0.5, 0.6) is 0 Å². The van der Waals surface area contributed by atoms with Crippen LogP contribution in [0.15, 0.2) is 53.5 Å². The molecule has 3 aromatic rings. The van der Waals surface area contributed by atoms with Crippen LogP contribution in [0, 0.1) is 0 Å². The number of β-lactam (4-membered cyclic amide) rings is 1. The number of aryl methyl sites for hydroxylation is 2. The molecule has 0 aliphatic carbocycles. The van der Waals surface area contributed by atoms with Gasteiger partial charge in [0.05, 0.1) is 16.6 Å². The second-order valence-electron chi connectivity index (χ2n) is 12.4. The van der Waals surface area contributed by atoms with Gasteiger partial charge in [-0.15, -0.1) is 11.8 Å². The van der Waals surface area contributed by atoms with Crippen LogP contribution in [-0.2, 0) is 32.1 Å². The number of hydrogen-bond acceptors (Lipinski definition) is 7. The van der Waals surface area contributed by atoms with Crippen molar-refractivity contribution in [3.8, 4) is 0 Å². The highest BCUT2D eigenvalue weighted by molar-refractivity contribution is 8.01. The fourth-order valence-corrected chi connectivity index (χ4v) is 8.29. The number of hydrogen-bond donors (Lipinski definition) is 4. The largest absolute Gasteiger partial charge is 0.480 e. The van der Waals surface area contributed by atoms with E-state index < -0.39 is 57.4 Å². The number of thioether (sulfide) groups is 1. The molecular weight excluding hydrogens is 610 g/mol. The summed E-state index contributed by atoms with van der Waals surface area (Å²) < 4.78 is 1.07. The van der Waals surface area contributed by atoms with Gasteiger partial charge in [-0.25, -0.2) is 4.79 Å². The van der Waals surface area contributed by atoms with Crippen LogP contribution in [0.25, 0.3) is 10.9 Å². The molecule has 1 aromatic heterocycles. The molecule has 0 saturated carbocycles. The molecular formula is C33H35N5O7S. The molecule has 13 heteroatoms. The number of aliphatic carboxylic acids is 1. The average Bonchev–Trinajstić information content (AvgIpc) is 3.28. The number of rotatable bonds is 9. The Kier molecular flexibility index (Phi) is 8.13. The van der Waals surface area contributed by atoms with E-state index in [9.17, 15) is 33.9 Å². The molecule has 240 valence electrons. The van der Waals surface area contributed by atoms with Crippen LogP contribution in [0.2, 0.25) is 0 Å². The van der Waals surface area contributed by atoms with Gasteiger partial charge in [-0.2, -0.15) is 0 Å². The Morgan fingerprint density at radius 3 is 2.52 bits per heavy atom. The number of nitrogens with one attached hydrogen (secondary N) is 3. The van der Waals surface area contributed by atoms with Crippen molar-refractivity contribution in [1.29, 1.82) is 0 Å². The molecule has 12 nitrogen and oxygen atoms in total. The van der Waals surface area contributed by atoms with Crippen LogP contribution in [-0.4, -0.2) is 66.4 Å². The summed E-state index contributed by atoms with van der Waals surface area (Å²) in [4.78, 5) is 80.4. The topological polar surface area (TPSA) is 167 Å². The summed E-state index contributed by atoms with van der Waals surface area (Å²) >= 11 is 1.30. The summed E-state index contributed by atoms with van der Waals surface area (Å²) in [5.74, 6) is -3.33. The van der Waals surface area contributed by atoms with Gasteiger partial charge in [0, 0.05) is 23.9 Å². The predicted octanol–water partition coefficient (Wildman–Crippen LogP) is 2.79. The molecule has 46 heavy (non-hydrogen) atoms. The first-order valence-corrected chi connectivity index (χ1v) is 16.2. The minimum absolute atomic E-state index is 0.186. The number of carbonyl (C=O) groups is 5. The Bertz CT molecular complexity index is 1840. The first-order chi connectivity index (χ1) is 21.9. The second-order valence-corrected chi connectivity index (χ2v) is 14.1. The summed E-state index contributed by atoms with van der Waals surface area (Å²) in [6, 6.07) is 8.76. The van der Waals surface area contributed by atoms with Gasteiger partial charge in [0.1, 0.15) is 29.1 Å². The smallest absolute Gasteiger partial charge is 0.327 e. The van der Waals surface area contributed by atoms with Crippen LogP contribution in [0.4, 0.5) is 5.69 Å². The number of carbonyl (C=O) groups excluding carboxylic acids is 4. The van der Waals surface area contributed by atoms with Crippen LogP contribution >= 0.6 is 11.8 Å². The molecule has 2 fully saturated rings. The Morgan fingerprint density at radius 1 is 1.09 bits per heavy atom. The van der Waals surface area contributed by atoms with Crippen LogP contribution in [0.1, 0.15) is 67.6 Å². The molecule has 4 N–H and O–H groups in total. The lowest BCUT2D eigenvalue weighted by molar-refractivity contribution is -0.161. The highest BCUT2D eigenvalue weighted by atomic mass is 32.2. The third-order valence-electron chi connectivity index (χ3n) is 8.79. The van der Waals surface area contributed by atoms with Crippen molar-refractivity contribution in [2.24, 2.45) is 0 Å². The molecule has 4 atom stereocenters. The minimum atomic E-state index is -1.27. The molecule has 4 heterocycles. The van der Waals surface area contributed by atoms with Crippen LogP contribution < -0.4 is 21.4 Å². The molecule has 2 aromatic carbocycles. The van der Waals surface area contributed by atoms with E-state index in [0.29, 0.717) is 29.7 Å². The maximum Gasteiger partial charge on any atom is 0.327 e. The van der Waals surface area contributed by atoms with E-state index in [2.05, 4.69) is 16.0 Å². The van der Waals surface area contributed by atoms with Crippen molar-refractivity contribution >= 4 is 58.0 Å². The van der Waals surface area contributed by atoms with E-state index in [4.69, 9.17) is 0 Å². The first kappa shape index (κ1) is 31.3. The number of pyridine rings is 1. The molecule has 0 radical (unpaired) electrons. The monoisotopic (exact) mass is 645 g/mol. The fourth-order valence-electron chi connectivity index (χ4n) is 6.67. The van der Waals surface area contributed by atoms with E-state index >= 15 is 0 Å². The molecule has 3 aliphatic heterocycles. The number of carboxylic acids is 1. The van der Waals surface area contributed by atoms with Gasteiger partial charge in [0.15, 0.2) is 0 Å². The van der Waals surface area contributed by atoms with Gasteiger partial charge in [-0.05, 0) is 50.3 Å². The van der Waals surface area contributed by atoms with Crippen molar-refractivity contribution in [3.05, 3.63) is 75.6 Å². The maximum absolute atomic E-state index is 14.0. The lowest BCUT2D eigenvalue weighted by Gasteiger charge is -2.44. The number of amides is 4. The molecule has 6 rings (SSSR count). The van der Waals surface area contributed by atoms with Crippen molar-refractivity contribution in [3.63, 3.8) is 0 Å². The second kappa shape index (κ2) is 11.9. The van der Waals surface area contributed by atoms with Gasteiger partial charge in [0.25, 0.3) is 5.91 Å². The predicted molar refractivity (Wildman–Crippen MR) is 172 cm³/mol. The normalized spacial score (nSPS) is 21.6. The summed E-state index contributed by atoms with van der Waals surface area (Å²) in [6.45, 7) is 5.93. The van der Waals surface area contributed by atoms with E-state index in [1.807, 2.05) is 17.6 Å². The lowest BCUT2D eigenvalue weighted by atomic mass is 9.95. The van der Waals surface area contributed by atoms with Gasteiger partial charge < -0.3 is 30.5 Å². The fraction of sp³-hybridized carbons (Fsp3) is 0.394. The number of nitrogens with zero attached hydrogens (tertiary/aromatic N) is 2. The van der Waals surface area contributed by atoms with Gasteiger partial charge in [-0.1, -0.05) is 43.3 Å². The van der Waals surface area contributed by atoms with E-state index in [0.717, 1.165) is 18.4 Å². The zero-order chi connectivity index (χ0) is 32.9. The standard InChI is InChI=1S/C33H35N5O7S/c1-4-9-21(39)34-20-14-13-18-12-8-15-37-16-19(26(40)22(20)25(18)37)28(41)35-23(17-10-6-5-7-11-17)29(42)36-24-30(43)38-27(32(44)45)33(2,3)46-31(24)38/h5-7,10-11,13-14,16,23-24,27,31H,4,8-9,12,15H2,1-3H3,(H,34,39)(H,35,41)(H,36,42)(H,44,45). The number of aromatic nitrogens is 1. The van der Waals surface area contributed by atoms with Crippen molar-refractivity contribution in [2.45, 2.75) is 81.2 Å². The lowest BCUT2D eigenvalue weighted by Crippen LogP contribution is -2.71. The number of carboxylic acid groups (broad SMARTS) is 1. The molecule has 3 aliphatic rings. The Labute approximate surface area is 268 Å². The zero-order valence-corrected chi connectivity index (χ0v) is 26.5. The van der Waals surface area contributed by atoms with Crippen LogP contribution in [0.3, 0.4) is 0 Å². The Balaban J connectivity index is 1.32. The highest BCUT2D eigenvalue weighted by Crippen LogP contribution is 2.50. The van der Waals surface area contributed by atoms with Gasteiger partial charge in [0.2, 0.25) is 23.2 Å². The minimum Gasteiger partial charge on any atom is -0.480 e. The number of fused-ring (bicyclic) bond motifs is 1. The third-order valence-corrected chi connectivity index (χ3v) is 10.4. The van der Waals surface area contributed by atoms with Gasteiger partial charge >= 0.3 is 5.97 Å². The SMILES string of the molecule is CCCC(=O)Nc1ccc2c3c1c(=O)c(C(=O)NC(C(=O)NC1C(=O)N4C1SC(C)(C)C4C(=O)O)c1ccccc1)cn3CCC2. The maximum atomic E-state index is 14.0. The summed E-state index contributed by atoms with van der Waals surface area (Å²) in [7, 11) is 0. The van der Waals surface area contributed by atoms with Gasteiger partial charge in [-0.3, -0.25) is 24.0 Å². The quantitative estimate of drug-likeness (QED) is 0.258. The summed E-state index contributed by atoms with van der Waals surface area (Å²) in [6.07, 6.45) is 3.96. The first-order valence-electron chi connectivity index (χ1n) is 15.3.